The van der Waals surface area contributed by atoms with Gasteiger partial charge in [-0.2, -0.15) is 0 Å². The Kier molecular flexibility index (Phi) is 4.37. The maximum absolute atomic E-state index is 11.4. The van der Waals surface area contributed by atoms with E-state index in [1.807, 2.05) is 17.0 Å². The third-order valence-electron chi connectivity index (χ3n) is 3.52. The summed E-state index contributed by atoms with van der Waals surface area (Å²) in [5.41, 5.74) is 0.873. The summed E-state index contributed by atoms with van der Waals surface area (Å²) < 4.78 is 0. The van der Waals surface area contributed by atoms with Gasteiger partial charge >= 0.3 is 0 Å². The first kappa shape index (κ1) is 13.8. The number of rotatable bonds is 2. The van der Waals surface area contributed by atoms with Crippen LogP contribution in [0.2, 0.25) is 0 Å². The highest BCUT2D eigenvalue weighted by Crippen LogP contribution is 2.19. The molecule has 1 N–H and O–H groups in total. The van der Waals surface area contributed by atoms with Crippen LogP contribution in [0.3, 0.4) is 0 Å². The van der Waals surface area contributed by atoms with Gasteiger partial charge in [0.15, 0.2) is 0 Å². The van der Waals surface area contributed by atoms with E-state index in [1.54, 1.807) is 20.0 Å². The molecule has 0 aliphatic carbocycles. The first-order valence-corrected chi connectivity index (χ1v) is 6.72. The molecular formula is C14H21N3O2. The number of aromatic nitrogens is 1. The van der Waals surface area contributed by atoms with Gasteiger partial charge in [0.25, 0.3) is 0 Å². The summed E-state index contributed by atoms with van der Waals surface area (Å²) in [7, 11) is 0. The number of pyridine rings is 1. The van der Waals surface area contributed by atoms with E-state index >= 15 is 0 Å². The van der Waals surface area contributed by atoms with Crippen LogP contribution >= 0.6 is 0 Å². The molecule has 0 saturated carbocycles. The molecule has 1 aromatic heterocycles. The highest BCUT2D eigenvalue weighted by Gasteiger charge is 2.17. The molecular weight excluding hydrogens is 242 g/mol. The highest BCUT2D eigenvalue weighted by molar-refractivity contribution is 5.73. The molecule has 5 nitrogen and oxygen atoms in total. The molecule has 0 bridgehead atoms. The number of amides is 1. The van der Waals surface area contributed by atoms with Crippen LogP contribution in [0.15, 0.2) is 18.3 Å². The van der Waals surface area contributed by atoms with Crippen molar-refractivity contribution in [1.29, 1.82) is 0 Å². The molecule has 1 unspecified atom stereocenters. The molecule has 104 valence electrons. The maximum Gasteiger partial charge on any atom is 0.219 e. The van der Waals surface area contributed by atoms with Crippen molar-refractivity contribution >= 4 is 11.7 Å². The van der Waals surface area contributed by atoms with Gasteiger partial charge in [-0.05, 0) is 31.0 Å². The Labute approximate surface area is 113 Å². The van der Waals surface area contributed by atoms with Crippen molar-refractivity contribution < 1.29 is 9.90 Å². The van der Waals surface area contributed by atoms with E-state index in [0.717, 1.165) is 44.0 Å². The lowest BCUT2D eigenvalue weighted by Crippen LogP contribution is -2.33. The van der Waals surface area contributed by atoms with Gasteiger partial charge in [0.2, 0.25) is 5.91 Å². The van der Waals surface area contributed by atoms with Crippen molar-refractivity contribution in [1.82, 2.24) is 9.88 Å². The zero-order valence-electron chi connectivity index (χ0n) is 11.5. The summed E-state index contributed by atoms with van der Waals surface area (Å²) in [6, 6.07) is 3.75. The van der Waals surface area contributed by atoms with Crippen LogP contribution in [0.5, 0.6) is 0 Å². The predicted octanol–water partition coefficient (Wildman–Crippen LogP) is 1.19. The van der Waals surface area contributed by atoms with Gasteiger partial charge in [0, 0.05) is 39.3 Å². The molecule has 1 aromatic rings. The van der Waals surface area contributed by atoms with Gasteiger partial charge in [0.1, 0.15) is 5.82 Å². The lowest BCUT2D eigenvalue weighted by molar-refractivity contribution is -0.128. The molecule has 1 atom stereocenters. The largest absolute Gasteiger partial charge is 0.389 e. The minimum atomic E-state index is -0.484. The first-order chi connectivity index (χ1) is 9.08. The number of aliphatic hydroxyl groups excluding tert-OH is 1. The van der Waals surface area contributed by atoms with Crippen LogP contribution in [0.1, 0.15) is 31.9 Å². The molecule has 0 spiro atoms. The number of carbonyl (C=O) groups excluding carboxylic acids is 1. The average molecular weight is 263 g/mol. The molecule has 5 heteroatoms. The molecule has 2 rings (SSSR count). The Hall–Kier alpha value is -1.62. The molecule has 1 aliphatic heterocycles. The topological polar surface area (TPSA) is 56.7 Å². The van der Waals surface area contributed by atoms with Crippen LogP contribution in [-0.2, 0) is 4.79 Å². The lowest BCUT2D eigenvalue weighted by Gasteiger charge is -2.23. The monoisotopic (exact) mass is 263 g/mol. The second-order valence-electron chi connectivity index (χ2n) is 4.97. The Balaban J connectivity index is 2.09. The Morgan fingerprint density at radius 1 is 1.37 bits per heavy atom. The van der Waals surface area contributed by atoms with Crippen molar-refractivity contribution in [2.24, 2.45) is 0 Å². The average Bonchev–Trinajstić information content (AvgIpc) is 2.64. The molecule has 1 fully saturated rings. The molecule has 1 amide bonds. The minimum Gasteiger partial charge on any atom is -0.389 e. The van der Waals surface area contributed by atoms with E-state index in [9.17, 15) is 9.90 Å². The van der Waals surface area contributed by atoms with Crippen molar-refractivity contribution in [3.05, 3.63) is 23.9 Å². The number of aliphatic hydroxyl groups is 1. The standard InChI is InChI=1S/C14H21N3O2/c1-11(18)13-4-5-15-14(10-13)17-7-3-6-16(8-9-17)12(2)19/h4-5,10-11,18H,3,6-9H2,1-2H3. The van der Waals surface area contributed by atoms with E-state index in [1.165, 1.54) is 0 Å². The van der Waals surface area contributed by atoms with E-state index < -0.39 is 6.10 Å². The summed E-state index contributed by atoms with van der Waals surface area (Å²) in [6.45, 7) is 6.58. The molecule has 0 aromatic carbocycles. The zero-order valence-corrected chi connectivity index (χ0v) is 11.5. The number of hydrogen-bond donors (Lipinski definition) is 1. The molecule has 19 heavy (non-hydrogen) atoms. The first-order valence-electron chi connectivity index (χ1n) is 6.72. The second kappa shape index (κ2) is 6.02. The van der Waals surface area contributed by atoms with Crippen molar-refractivity contribution in [2.75, 3.05) is 31.1 Å². The Morgan fingerprint density at radius 2 is 2.16 bits per heavy atom. The molecule has 0 radical (unpaired) electrons. The van der Waals surface area contributed by atoms with Gasteiger partial charge in [-0.1, -0.05) is 0 Å². The van der Waals surface area contributed by atoms with Crippen LogP contribution in [0.25, 0.3) is 0 Å². The van der Waals surface area contributed by atoms with E-state index in [-0.39, 0.29) is 5.91 Å². The predicted molar refractivity (Wildman–Crippen MR) is 74.0 cm³/mol. The number of anilines is 1. The summed E-state index contributed by atoms with van der Waals surface area (Å²) >= 11 is 0. The summed E-state index contributed by atoms with van der Waals surface area (Å²) in [5.74, 6) is 1.01. The summed E-state index contributed by atoms with van der Waals surface area (Å²) in [5, 5.41) is 9.62. The summed E-state index contributed by atoms with van der Waals surface area (Å²) in [6.07, 6.45) is 2.19. The number of hydrogen-bond acceptors (Lipinski definition) is 4. The fraction of sp³-hybridized carbons (Fsp3) is 0.571. The van der Waals surface area contributed by atoms with Crippen LogP contribution in [0, 0.1) is 0 Å². The summed E-state index contributed by atoms with van der Waals surface area (Å²) in [4.78, 5) is 19.8. The Morgan fingerprint density at radius 3 is 2.84 bits per heavy atom. The van der Waals surface area contributed by atoms with Crippen molar-refractivity contribution in [3.8, 4) is 0 Å². The SMILES string of the molecule is CC(=O)N1CCCN(c2cc(C(C)O)ccn2)CC1. The second-order valence-corrected chi connectivity index (χ2v) is 4.97. The van der Waals surface area contributed by atoms with Crippen LogP contribution in [-0.4, -0.2) is 47.1 Å². The fourth-order valence-electron chi connectivity index (χ4n) is 2.33. The quantitative estimate of drug-likeness (QED) is 0.871. The third-order valence-corrected chi connectivity index (χ3v) is 3.52. The zero-order chi connectivity index (χ0) is 13.8. The normalized spacial score (nSPS) is 18.1. The number of nitrogens with zero attached hydrogens (tertiary/aromatic N) is 3. The smallest absolute Gasteiger partial charge is 0.219 e. The molecule has 1 aliphatic rings. The van der Waals surface area contributed by atoms with Crippen LogP contribution in [0.4, 0.5) is 5.82 Å². The van der Waals surface area contributed by atoms with Gasteiger partial charge in [-0.15, -0.1) is 0 Å². The van der Waals surface area contributed by atoms with Crippen LogP contribution < -0.4 is 4.90 Å². The molecule has 1 saturated heterocycles. The highest BCUT2D eigenvalue weighted by atomic mass is 16.3. The third kappa shape index (κ3) is 3.44. The fourth-order valence-corrected chi connectivity index (χ4v) is 2.33. The van der Waals surface area contributed by atoms with Gasteiger partial charge in [0.05, 0.1) is 6.10 Å². The van der Waals surface area contributed by atoms with E-state index in [0.29, 0.717) is 0 Å². The van der Waals surface area contributed by atoms with Crippen molar-refractivity contribution in [3.63, 3.8) is 0 Å². The van der Waals surface area contributed by atoms with E-state index in [4.69, 9.17) is 0 Å². The van der Waals surface area contributed by atoms with Gasteiger partial charge in [-0.3, -0.25) is 4.79 Å². The lowest BCUT2D eigenvalue weighted by atomic mass is 10.1. The van der Waals surface area contributed by atoms with Crippen molar-refractivity contribution in [2.45, 2.75) is 26.4 Å². The number of carbonyl (C=O) groups is 1. The van der Waals surface area contributed by atoms with E-state index in [2.05, 4.69) is 9.88 Å². The minimum absolute atomic E-state index is 0.132. The maximum atomic E-state index is 11.4. The molecule has 2 heterocycles. The Bertz CT molecular complexity index is 448. The van der Waals surface area contributed by atoms with Gasteiger partial charge < -0.3 is 14.9 Å². The van der Waals surface area contributed by atoms with Gasteiger partial charge in [-0.25, -0.2) is 4.98 Å².